The Hall–Kier alpha value is -2.50. The molecule has 6 heteroatoms. The molecule has 1 fully saturated rings. The summed E-state index contributed by atoms with van der Waals surface area (Å²) in [6, 6.07) is 6.62. The Balaban J connectivity index is 1.36. The van der Waals surface area contributed by atoms with Crippen molar-refractivity contribution < 1.29 is 14.3 Å². The summed E-state index contributed by atoms with van der Waals surface area (Å²) in [5.74, 6) is 0.178. The van der Waals surface area contributed by atoms with Crippen LogP contribution in [0.3, 0.4) is 0 Å². The van der Waals surface area contributed by atoms with Gasteiger partial charge in [0.25, 0.3) is 0 Å². The van der Waals surface area contributed by atoms with Crippen LogP contribution in [0.5, 0.6) is 0 Å². The lowest BCUT2D eigenvalue weighted by Crippen LogP contribution is -2.48. The Morgan fingerprint density at radius 2 is 2.04 bits per heavy atom. The second-order valence-electron chi connectivity index (χ2n) is 8.04. The highest BCUT2D eigenvalue weighted by Crippen LogP contribution is 2.32. The van der Waals surface area contributed by atoms with Gasteiger partial charge in [0.15, 0.2) is 0 Å². The summed E-state index contributed by atoms with van der Waals surface area (Å²) >= 11 is 0. The topological polar surface area (TPSA) is 74.4 Å². The number of hydrogen-bond donors (Lipinski definition) is 2. The second kappa shape index (κ2) is 7.86. The molecule has 2 N–H and O–H groups in total. The lowest BCUT2D eigenvalue weighted by Gasteiger charge is -2.32. The zero-order chi connectivity index (χ0) is 19.7. The molecule has 2 amide bonds. The quantitative estimate of drug-likeness (QED) is 0.854. The summed E-state index contributed by atoms with van der Waals surface area (Å²) in [7, 11) is 0. The number of hydrogen-bond acceptors (Lipinski definition) is 3. The third-order valence-corrected chi connectivity index (χ3v) is 6.08. The number of rotatable bonds is 3. The van der Waals surface area contributed by atoms with Gasteiger partial charge in [-0.05, 0) is 63.6 Å². The normalized spacial score (nSPS) is 20.1. The van der Waals surface area contributed by atoms with E-state index in [1.165, 1.54) is 27.7 Å². The van der Waals surface area contributed by atoms with Gasteiger partial charge in [-0.25, -0.2) is 4.79 Å². The van der Waals surface area contributed by atoms with Gasteiger partial charge in [-0.2, -0.15) is 0 Å². The Morgan fingerprint density at radius 3 is 2.79 bits per heavy atom. The lowest BCUT2D eigenvalue weighted by molar-refractivity contribution is -0.126. The zero-order valence-electron chi connectivity index (χ0n) is 16.7. The number of carbonyl (C=O) groups is 2. The Morgan fingerprint density at radius 1 is 1.25 bits per heavy atom. The monoisotopic (exact) mass is 383 g/mol. The van der Waals surface area contributed by atoms with E-state index in [1.54, 1.807) is 4.90 Å². The number of likely N-dealkylation sites (tertiary alicyclic amines) is 1. The molecule has 2 heterocycles. The molecule has 2 aromatic rings. The van der Waals surface area contributed by atoms with E-state index in [9.17, 15) is 9.59 Å². The molecule has 1 saturated heterocycles. The Labute approximate surface area is 165 Å². The van der Waals surface area contributed by atoms with E-state index in [4.69, 9.17) is 4.74 Å². The van der Waals surface area contributed by atoms with Crippen LogP contribution in [0.1, 0.15) is 43.0 Å². The van der Waals surface area contributed by atoms with E-state index in [1.807, 2.05) is 6.92 Å². The van der Waals surface area contributed by atoms with Crippen molar-refractivity contribution in [2.75, 3.05) is 19.7 Å². The SMILES string of the molecule is CCOC(=O)N1CCC(NC(=O)C2CCc3[nH]c4ccc(C)cc4c3C2)CC1. The van der Waals surface area contributed by atoms with E-state index in [-0.39, 0.29) is 24.0 Å². The van der Waals surface area contributed by atoms with Crippen molar-refractivity contribution in [3.63, 3.8) is 0 Å². The summed E-state index contributed by atoms with van der Waals surface area (Å²) < 4.78 is 5.06. The first-order valence-corrected chi connectivity index (χ1v) is 10.4. The number of carbonyl (C=O) groups excluding carboxylic acids is 2. The van der Waals surface area contributed by atoms with Crippen molar-refractivity contribution in [1.29, 1.82) is 0 Å². The molecule has 1 aromatic carbocycles. The first-order valence-electron chi connectivity index (χ1n) is 10.4. The number of aromatic amines is 1. The van der Waals surface area contributed by atoms with Crippen molar-refractivity contribution in [3.05, 3.63) is 35.0 Å². The van der Waals surface area contributed by atoms with Crippen LogP contribution >= 0.6 is 0 Å². The van der Waals surface area contributed by atoms with E-state index >= 15 is 0 Å². The fourth-order valence-electron chi connectivity index (χ4n) is 4.49. The molecule has 6 nitrogen and oxygen atoms in total. The molecule has 28 heavy (non-hydrogen) atoms. The van der Waals surface area contributed by atoms with Crippen LogP contribution in [-0.4, -0.2) is 47.6 Å². The smallest absolute Gasteiger partial charge is 0.409 e. The Kier molecular flexibility index (Phi) is 5.29. The van der Waals surface area contributed by atoms with Crippen molar-refractivity contribution >= 4 is 22.9 Å². The van der Waals surface area contributed by atoms with Crippen LogP contribution in [-0.2, 0) is 22.4 Å². The fourth-order valence-corrected chi connectivity index (χ4v) is 4.49. The van der Waals surface area contributed by atoms with Gasteiger partial charge in [0, 0.05) is 41.6 Å². The zero-order valence-corrected chi connectivity index (χ0v) is 16.7. The molecule has 0 bridgehead atoms. The number of ether oxygens (including phenoxy) is 1. The van der Waals surface area contributed by atoms with E-state index in [0.29, 0.717) is 19.7 Å². The maximum absolute atomic E-state index is 12.9. The summed E-state index contributed by atoms with van der Waals surface area (Å²) in [4.78, 5) is 30.0. The average Bonchev–Trinajstić information content (AvgIpc) is 3.05. The fraction of sp³-hybridized carbons (Fsp3) is 0.545. The summed E-state index contributed by atoms with van der Waals surface area (Å²) in [6.07, 6.45) is 3.92. The Bertz CT molecular complexity index is 881. The third kappa shape index (κ3) is 3.73. The summed E-state index contributed by atoms with van der Waals surface area (Å²) in [6.45, 7) is 5.59. The molecule has 1 atom stereocenters. The van der Waals surface area contributed by atoms with Gasteiger partial charge in [0.1, 0.15) is 0 Å². The molecule has 2 aliphatic rings. The first kappa shape index (κ1) is 18.8. The largest absolute Gasteiger partial charge is 0.450 e. The first-order chi connectivity index (χ1) is 13.5. The molecular weight excluding hydrogens is 354 g/mol. The molecule has 0 saturated carbocycles. The highest BCUT2D eigenvalue weighted by Gasteiger charge is 2.30. The van der Waals surface area contributed by atoms with Crippen molar-refractivity contribution in [2.45, 2.75) is 52.0 Å². The molecule has 1 aliphatic heterocycles. The molecule has 1 unspecified atom stereocenters. The van der Waals surface area contributed by atoms with Gasteiger partial charge in [-0.3, -0.25) is 4.79 Å². The highest BCUT2D eigenvalue weighted by atomic mass is 16.6. The highest BCUT2D eigenvalue weighted by molar-refractivity contribution is 5.87. The van der Waals surface area contributed by atoms with E-state index in [2.05, 4.69) is 35.4 Å². The van der Waals surface area contributed by atoms with Crippen LogP contribution in [0.2, 0.25) is 0 Å². The molecule has 0 radical (unpaired) electrons. The van der Waals surface area contributed by atoms with Crippen molar-refractivity contribution in [2.24, 2.45) is 5.92 Å². The number of aromatic nitrogens is 1. The van der Waals surface area contributed by atoms with Crippen LogP contribution in [0, 0.1) is 12.8 Å². The van der Waals surface area contributed by atoms with Crippen LogP contribution in [0.4, 0.5) is 4.79 Å². The van der Waals surface area contributed by atoms with Crippen molar-refractivity contribution in [3.8, 4) is 0 Å². The number of nitrogens with one attached hydrogen (secondary N) is 2. The minimum absolute atomic E-state index is 0.0232. The third-order valence-electron chi connectivity index (χ3n) is 6.08. The van der Waals surface area contributed by atoms with Gasteiger partial charge in [0.2, 0.25) is 5.91 Å². The van der Waals surface area contributed by atoms with Crippen molar-refractivity contribution in [1.82, 2.24) is 15.2 Å². The summed E-state index contributed by atoms with van der Waals surface area (Å²) in [5, 5.41) is 4.49. The van der Waals surface area contributed by atoms with Gasteiger partial charge in [0.05, 0.1) is 6.61 Å². The summed E-state index contributed by atoms with van der Waals surface area (Å²) in [5.41, 5.74) is 5.01. The van der Waals surface area contributed by atoms with Crippen LogP contribution in [0.15, 0.2) is 18.2 Å². The molecule has 1 aromatic heterocycles. The maximum atomic E-state index is 12.9. The number of benzene rings is 1. The predicted octanol–water partition coefficient (Wildman–Crippen LogP) is 3.32. The minimum atomic E-state index is -0.248. The van der Waals surface area contributed by atoms with E-state index < -0.39 is 0 Å². The lowest BCUT2D eigenvalue weighted by atomic mass is 9.85. The molecule has 0 spiro atoms. The minimum Gasteiger partial charge on any atom is -0.450 e. The standard InChI is InChI=1S/C22H29N3O3/c1-3-28-22(27)25-10-8-16(9-11-25)23-21(26)15-5-7-20-18(13-15)17-12-14(2)4-6-19(17)24-20/h4,6,12,15-16,24H,3,5,7-11,13H2,1-2H3,(H,23,26). The van der Waals surface area contributed by atoms with Gasteiger partial charge >= 0.3 is 6.09 Å². The second-order valence-corrected chi connectivity index (χ2v) is 8.04. The molecular formula is C22H29N3O3. The number of fused-ring (bicyclic) bond motifs is 3. The van der Waals surface area contributed by atoms with E-state index in [0.717, 1.165) is 32.1 Å². The number of nitrogens with zero attached hydrogens (tertiary/aromatic N) is 1. The molecule has 1 aliphatic carbocycles. The maximum Gasteiger partial charge on any atom is 0.409 e. The average molecular weight is 383 g/mol. The number of H-pyrrole nitrogens is 1. The number of aryl methyl sites for hydroxylation is 2. The van der Waals surface area contributed by atoms with Crippen LogP contribution in [0.25, 0.3) is 10.9 Å². The van der Waals surface area contributed by atoms with Gasteiger partial charge in [-0.15, -0.1) is 0 Å². The van der Waals surface area contributed by atoms with Crippen LogP contribution < -0.4 is 5.32 Å². The molecule has 150 valence electrons. The number of piperidine rings is 1. The molecule has 4 rings (SSSR count). The van der Waals surface area contributed by atoms with Gasteiger partial charge in [-0.1, -0.05) is 11.6 Å². The predicted molar refractivity (Wildman–Crippen MR) is 108 cm³/mol. The number of amides is 2. The van der Waals surface area contributed by atoms with Gasteiger partial charge < -0.3 is 19.9 Å².